The first-order valence-electron chi connectivity index (χ1n) is 8.02. The van der Waals surface area contributed by atoms with E-state index >= 15 is 0 Å². The Balaban J connectivity index is 1.81. The molecule has 0 radical (unpaired) electrons. The van der Waals surface area contributed by atoms with Gasteiger partial charge in [-0.15, -0.1) is 0 Å². The highest BCUT2D eigenvalue weighted by molar-refractivity contribution is 9.10. The number of amides is 1. The molecule has 27 heavy (non-hydrogen) atoms. The molecule has 1 heterocycles. The van der Waals surface area contributed by atoms with Crippen molar-refractivity contribution < 1.29 is 24.6 Å². The molecule has 8 heteroatoms. The maximum Gasteiger partial charge on any atom is 0.352 e. The van der Waals surface area contributed by atoms with Gasteiger partial charge < -0.3 is 20.5 Å². The van der Waals surface area contributed by atoms with E-state index in [1.54, 1.807) is 24.3 Å². The summed E-state index contributed by atoms with van der Waals surface area (Å²) in [5.74, 6) is -2.79. The van der Waals surface area contributed by atoms with Crippen molar-refractivity contribution in [1.82, 2.24) is 10.3 Å². The summed E-state index contributed by atoms with van der Waals surface area (Å²) in [5, 5.41) is 22.0. The van der Waals surface area contributed by atoms with E-state index in [0.29, 0.717) is 11.1 Å². The zero-order chi connectivity index (χ0) is 19.6. The van der Waals surface area contributed by atoms with E-state index in [0.717, 1.165) is 9.86 Å². The molecule has 1 amide bonds. The van der Waals surface area contributed by atoms with Gasteiger partial charge in [-0.25, -0.2) is 9.59 Å². The monoisotopic (exact) mass is 430 g/mol. The normalized spacial score (nSPS) is 10.7. The summed E-state index contributed by atoms with van der Waals surface area (Å²) >= 11 is 3.37. The zero-order valence-corrected chi connectivity index (χ0v) is 15.5. The highest BCUT2D eigenvalue weighted by Gasteiger charge is 2.19. The van der Waals surface area contributed by atoms with Gasteiger partial charge in [-0.1, -0.05) is 28.1 Å². The van der Waals surface area contributed by atoms with E-state index in [1.807, 2.05) is 6.07 Å². The van der Waals surface area contributed by atoms with Gasteiger partial charge in [-0.05, 0) is 42.3 Å². The number of aromatic carboxylic acids is 2. The minimum atomic E-state index is -1.18. The van der Waals surface area contributed by atoms with E-state index in [1.165, 1.54) is 12.1 Å². The lowest BCUT2D eigenvalue weighted by atomic mass is 10.1. The van der Waals surface area contributed by atoms with Crippen LogP contribution in [0.25, 0.3) is 10.9 Å². The molecule has 0 atom stereocenters. The van der Waals surface area contributed by atoms with Gasteiger partial charge in [0.25, 0.3) is 5.91 Å². The van der Waals surface area contributed by atoms with Crippen molar-refractivity contribution in [3.8, 4) is 0 Å². The standard InChI is InChI=1S/C19H15BrN2O5/c20-10-5-6-15-14(9-10)11(16(22-15)19(26)27)7-8-21-17(23)12-3-1-2-4-13(12)18(24)25/h1-6,9,22H,7-8H2,(H,21,23)(H,24,25)(H,26,27). The molecule has 0 unspecified atom stereocenters. The third-order valence-corrected chi connectivity index (χ3v) is 4.64. The van der Waals surface area contributed by atoms with Gasteiger partial charge in [-0.3, -0.25) is 4.79 Å². The van der Waals surface area contributed by atoms with Crippen LogP contribution in [0.2, 0.25) is 0 Å². The predicted molar refractivity (Wildman–Crippen MR) is 102 cm³/mol. The minimum Gasteiger partial charge on any atom is -0.478 e. The average Bonchev–Trinajstić information content (AvgIpc) is 2.99. The highest BCUT2D eigenvalue weighted by Crippen LogP contribution is 2.26. The second kappa shape index (κ2) is 7.63. The minimum absolute atomic E-state index is 0.0603. The fourth-order valence-electron chi connectivity index (χ4n) is 2.93. The SMILES string of the molecule is O=C(O)c1ccccc1C(=O)NCCc1c(C(=O)O)[nH]c2ccc(Br)cc12. The number of carboxylic acids is 2. The topological polar surface area (TPSA) is 119 Å². The number of aromatic nitrogens is 1. The molecule has 0 bridgehead atoms. The van der Waals surface area contributed by atoms with Crippen molar-refractivity contribution in [2.24, 2.45) is 0 Å². The van der Waals surface area contributed by atoms with Gasteiger partial charge in [0, 0.05) is 21.9 Å². The van der Waals surface area contributed by atoms with Gasteiger partial charge in [0.05, 0.1) is 11.1 Å². The van der Waals surface area contributed by atoms with Crippen molar-refractivity contribution in [3.05, 3.63) is 69.3 Å². The molecule has 0 aliphatic rings. The largest absolute Gasteiger partial charge is 0.478 e. The number of aromatic amines is 1. The van der Waals surface area contributed by atoms with Crippen LogP contribution < -0.4 is 5.32 Å². The van der Waals surface area contributed by atoms with Crippen LogP contribution in [-0.2, 0) is 6.42 Å². The molecule has 3 rings (SSSR count). The Morgan fingerprint density at radius 1 is 1.00 bits per heavy atom. The van der Waals surface area contributed by atoms with Crippen molar-refractivity contribution in [1.29, 1.82) is 0 Å². The highest BCUT2D eigenvalue weighted by atomic mass is 79.9. The molecule has 0 aliphatic carbocycles. The van der Waals surface area contributed by atoms with Crippen LogP contribution in [-0.4, -0.2) is 39.6 Å². The first-order chi connectivity index (χ1) is 12.9. The molecular weight excluding hydrogens is 416 g/mol. The Morgan fingerprint density at radius 2 is 1.70 bits per heavy atom. The van der Waals surface area contributed by atoms with Crippen molar-refractivity contribution >= 4 is 44.7 Å². The van der Waals surface area contributed by atoms with E-state index < -0.39 is 17.8 Å². The lowest BCUT2D eigenvalue weighted by molar-refractivity contribution is 0.0680. The molecular formula is C19H15BrN2O5. The first kappa shape index (κ1) is 18.7. The van der Waals surface area contributed by atoms with Gasteiger partial charge in [0.1, 0.15) is 5.69 Å². The number of H-pyrrole nitrogens is 1. The number of nitrogens with one attached hydrogen (secondary N) is 2. The molecule has 0 saturated heterocycles. The number of rotatable bonds is 6. The Hall–Kier alpha value is -3.13. The molecule has 2 aromatic carbocycles. The quantitative estimate of drug-likeness (QED) is 0.478. The van der Waals surface area contributed by atoms with Gasteiger partial charge >= 0.3 is 11.9 Å². The molecule has 4 N–H and O–H groups in total. The number of benzene rings is 2. The van der Waals surface area contributed by atoms with Crippen LogP contribution >= 0.6 is 15.9 Å². The fourth-order valence-corrected chi connectivity index (χ4v) is 3.29. The molecule has 7 nitrogen and oxygen atoms in total. The molecule has 0 aliphatic heterocycles. The smallest absolute Gasteiger partial charge is 0.352 e. The Morgan fingerprint density at radius 3 is 2.37 bits per heavy atom. The van der Waals surface area contributed by atoms with Crippen molar-refractivity contribution in [2.45, 2.75) is 6.42 Å². The third kappa shape index (κ3) is 3.85. The summed E-state index contributed by atoms with van der Waals surface area (Å²) in [7, 11) is 0. The van der Waals surface area contributed by atoms with Crippen LogP contribution in [0.3, 0.4) is 0 Å². The molecule has 0 fully saturated rings. The Bertz CT molecular complexity index is 1060. The first-order valence-corrected chi connectivity index (χ1v) is 8.81. The van der Waals surface area contributed by atoms with Crippen LogP contribution in [0.15, 0.2) is 46.9 Å². The number of carboxylic acid groups (broad SMARTS) is 2. The van der Waals surface area contributed by atoms with Crippen LogP contribution in [0.5, 0.6) is 0 Å². The second-order valence-electron chi connectivity index (χ2n) is 5.83. The maximum atomic E-state index is 12.3. The van der Waals surface area contributed by atoms with E-state index in [9.17, 15) is 24.6 Å². The third-order valence-electron chi connectivity index (χ3n) is 4.14. The lowest BCUT2D eigenvalue weighted by Gasteiger charge is -2.08. The molecule has 138 valence electrons. The number of hydrogen-bond acceptors (Lipinski definition) is 3. The molecule has 0 saturated carbocycles. The van der Waals surface area contributed by atoms with E-state index in [-0.39, 0.29) is 29.8 Å². The lowest BCUT2D eigenvalue weighted by Crippen LogP contribution is -2.27. The number of carbonyl (C=O) groups excluding carboxylic acids is 1. The number of carbonyl (C=O) groups is 3. The van der Waals surface area contributed by atoms with Crippen molar-refractivity contribution in [3.63, 3.8) is 0 Å². The summed E-state index contributed by atoms with van der Waals surface area (Å²) in [6, 6.07) is 11.3. The second-order valence-corrected chi connectivity index (χ2v) is 6.75. The molecule has 1 aromatic heterocycles. The number of fused-ring (bicyclic) bond motifs is 1. The predicted octanol–water partition coefficient (Wildman–Crippen LogP) is 3.30. The summed E-state index contributed by atoms with van der Waals surface area (Å²) < 4.78 is 0.812. The maximum absolute atomic E-state index is 12.3. The Kier molecular flexibility index (Phi) is 5.27. The van der Waals surface area contributed by atoms with Gasteiger partial charge in [0.2, 0.25) is 0 Å². The average molecular weight is 431 g/mol. The van der Waals surface area contributed by atoms with Crippen molar-refractivity contribution in [2.75, 3.05) is 6.54 Å². The van der Waals surface area contributed by atoms with E-state index in [4.69, 9.17) is 0 Å². The zero-order valence-electron chi connectivity index (χ0n) is 14.0. The van der Waals surface area contributed by atoms with Crippen LogP contribution in [0.4, 0.5) is 0 Å². The van der Waals surface area contributed by atoms with Crippen LogP contribution in [0, 0.1) is 0 Å². The molecule has 0 spiro atoms. The van der Waals surface area contributed by atoms with E-state index in [2.05, 4.69) is 26.2 Å². The number of halogens is 1. The number of hydrogen-bond donors (Lipinski definition) is 4. The molecule has 3 aromatic rings. The Labute approximate surface area is 162 Å². The summed E-state index contributed by atoms with van der Waals surface area (Å²) in [4.78, 5) is 38.0. The van der Waals surface area contributed by atoms with Gasteiger partial charge in [-0.2, -0.15) is 0 Å². The fraction of sp³-hybridized carbons (Fsp3) is 0.105. The summed E-state index contributed by atoms with van der Waals surface area (Å²) in [6.45, 7) is 0.159. The summed E-state index contributed by atoms with van der Waals surface area (Å²) in [5.41, 5.74) is 1.31. The summed E-state index contributed by atoms with van der Waals surface area (Å²) in [6.07, 6.45) is 0.277. The van der Waals surface area contributed by atoms with Crippen LogP contribution in [0.1, 0.15) is 36.8 Å². The van der Waals surface area contributed by atoms with Gasteiger partial charge in [0.15, 0.2) is 0 Å².